The van der Waals surface area contributed by atoms with Gasteiger partial charge in [0, 0.05) is 12.6 Å². The summed E-state index contributed by atoms with van der Waals surface area (Å²) in [6.45, 7) is 0.244. The van der Waals surface area contributed by atoms with Crippen molar-refractivity contribution in [2.75, 3.05) is 19.6 Å². The maximum absolute atomic E-state index is 12.5. The lowest BCUT2D eigenvalue weighted by Gasteiger charge is -2.32. The van der Waals surface area contributed by atoms with Crippen LogP contribution in [0.25, 0.3) is 0 Å². The third-order valence-corrected chi connectivity index (χ3v) is 4.07. The van der Waals surface area contributed by atoms with Crippen LogP contribution in [0.2, 0.25) is 0 Å². The molecule has 1 fully saturated rings. The summed E-state index contributed by atoms with van der Waals surface area (Å²) >= 11 is 0. The molecule has 0 aromatic heterocycles. The van der Waals surface area contributed by atoms with Crippen LogP contribution in [0.3, 0.4) is 0 Å². The molecule has 1 atom stereocenters. The maximum atomic E-state index is 12.5. The normalized spacial score (nSPS) is 22.0. The largest absolute Gasteiger partial charge is 0.369 e. The molecule has 0 radical (unpaired) electrons. The van der Waals surface area contributed by atoms with E-state index in [4.69, 9.17) is 5.73 Å². The van der Waals surface area contributed by atoms with Crippen molar-refractivity contribution < 1.29 is 22.0 Å². The summed E-state index contributed by atoms with van der Waals surface area (Å²) in [6.07, 6.45) is 1.10. The highest BCUT2D eigenvalue weighted by molar-refractivity contribution is 7.89. The van der Waals surface area contributed by atoms with Crippen molar-refractivity contribution in [1.82, 2.24) is 9.62 Å². The van der Waals surface area contributed by atoms with Crippen LogP contribution in [0.1, 0.15) is 12.8 Å². The maximum Gasteiger partial charge on any atom is 0.350 e. The van der Waals surface area contributed by atoms with E-state index >= 15 is 0 Å². The van der Waals surface area contributed by atoms with Crippen LogP contribution < -0.4 is 11.1 Å². The Hall–Kier alpha value is -0.800. The van der Waals surface area contributed by atoms with Crippen molar-refractivity contribution in [3.63, 3.8) is 0 Å². The molecule has 0 spiro atoms. The van der Waals surface area contributed by atoms with Gasteiger partial charge in [0.05, 0.1) is 6.54 Å². The molecule has 0 aliphatic carbocycles. The highest BCUT2D eigenvalue weighted by Gasteiger charge is 2.38. The molecule has 1 saturated heterocycles. The van der Waals surface area contributed by atoms with E-state index in [0.29, 0.717) is 23.7 Å². The number of carbonyl (C=O) groups excluding carboxylic acids is 1. The lowest BCUT2D eigenvalue weighted by atomic mass is 10.1. The third-order valence-electron chi connectivity index (χ3n) is 2.54. The molecular weight excluding hydrogens is 256 g/mol. The summed E-state index contributed by atoms with van der Waals surface area (Å²) in [7, 11) is -4.77. The summed E-state index contributed by atoms with van der Waals surface area (Å²) in [5.74, 6) is -4.48. The minimum Gasteiger partial charge on any atom is -0.369 e. The van der Waals surface area contributed by atoms with Gasteiger partial charge in [0.25, 0.3) is 10.0 Å². The van der Waals surface area contributed by atoms with Gasteiger partial charge in [-0.1, -0.05) is 0 Å². The zero-order valence-electron chi connectivity index (χ0n) is 9.10. The molecule has 0 saturated carbocycles. The predicted molar refractivity (Wildman–Crippen MR) is 56.7 cm³/mol. The third kappa shape index (κ3) is 3.58. The Morgan fingerprint density at radius 2 is 2.18 bits per heavy atom. The summed E-state index contributed by atoms with van der Waals surface area (Å²) in [4.78, 5) is 10.8. The van der Waals surface area contributed by atoms with Crippen molar-refractivity contribution in [2.24, 2.45) is 5.73 Å². The van der Waals surface area contributed by atoms with Gasteiger partial charge in [-0.2, -0.15) is 13.1 Å². The SMILES string of the molecule is NC(=O)CN(C1CCCNC1)S(=O)(=O)C(F)F. The van der Waals surface area contributed by atoms with Gasteiger partial charge in [-0.15, -0.1) is 0 Å². The highest BCUT2D eigenvalue weighted by Crippen LogP contribution is 2.19. The second kappa shape index (κ2) is 5.69. The second-order valence-electron chi connectivity index (χ2n) is 3.82. The number of halogens is 2. The zero-order chi connectivity index (χ0) is 13.1. The van der Waals surface area contributed by atoms with E-state index in [1.807, 2.05) is 0 Å². The minimum atomic E-state index is -4.77. The van der Waals surface area contributed by atoms with Gasteiger partial charge in [-0.05, 0) is 19.4 Å². The summed E-state index contributed by atoms with van der Waals surface area (Å²) < 4.78 is 48.2. The Morgan fingerprint density at radius 1 is 1.53 bits per heavy atom. The van der Waals surface area contributed by atoms with Crippen LogP contribution in [-0.2, 0) is 14.8 Å². The minimum absolute atomic E-state index is 0.249. The van der Waals surface area contributed by atoms with Gasteiger partial charge in [-0.3, -0.25) is 4.79 Å². The molecule has 1 rings (SSSR count). The number of hydrogen-bond donors (Lipinski definition) is 2. The van der Waals surface area contributed by atoms with E-state index in [2.05, 4.69) is 5.32 Å². The molecule has 1 unspecified atom stereocenters. The monoisotopic (exact) mass is 271 g/mol. The quantitative estimate of drug-likeness (QED) is 0.676. The first-order chi connectivity index (χ1) is 7.85. The zero-order valence-corrected chi connectivity index (χ0v) is 9.92. The molecule has 0 aromatic carbocycles. The van der Waals surface area contributed by atoms with E-state index in [9.17, 15) is 22.0 Å². The molecule has 9 heteroatoms. The van der Waals surface area contributed by atoms with Crippen LogP contribution >= 0.6 is 0 Å². The molecule has 1 aliphatic rings. The first-order valence-electron chi connectivity index (χ1n) is 5.13. The molecule has 6 nitrogen and oxygen atoms in total. The van der Waals surface area contributed by atoms with Gasteiger partial charge in [0.1, 0.15) is 0 Å². The van der Waals surface area contributed by atoms with E-state index in [-0.39, 0.29) is 6.54 Å². The Kier molecular flexibility index (Phi) is 4.78. The van der Waals surface area contributed by atoms with Crippen LogP contribution in [0, 0.1) is 0 Å². The number of nitrogens with one attached hydrogen (secondary N) is 1. The van der Waals surface area contributed by atoms with Crippen molar-refractivity contribution in [1.29, 1.82) is 0 Å². The van der Waals surface area contributed by atoms with Gasteiger partial charge >= 0.3 is 5.76 Å². The predicted octanol–water partition coefficient (Wildman–Crippen LogP) is -0.922. The number of rotatable bonds is 5. The number of nitrogens with two attached hydrogens (primary N) is 1. The molecule has 100 valence electrons. The molecular formula is C8H15F2N3O3S. The van der Waals surface area contributed by atoms with Crippen LogP contribution in [0.5, 0.6) is 0 Å². The topological polar surface area (TPSA) is 92.5 Å². The standard InChI is InChI=1S/C8H15F2N3O3S/c9-8(10)17(15,16)13(5-7(11)14)6-2-1-3-12-4-6/h6,8,12H,1-5H2,(H2,11,14). The fraction of sp³-hybridized carbons (Fsp3) is 0.875. The number of amides is 1. The van der Waals surface area contributed by atoms with Gasteiger partial charge in [0.15, 0.2) is 0 Å². The van der Waals surface area contributed by atoms with Gasteiger partial charge < -0.3 is 11.1 Å². The molecule has 17 heavy (non-hydrogen) atoms. The first-order valence-corrected chi connectivity index (χ1v) is 6.64. The fourth-order valence-electron chi connectivity index (χ4n) is 1.76. The Labute approximate surface area is 98.2 Å². The van der Waals surface area contributed by atoms with E-state index in [0.717, 1.165) is 0 Å². The first kappa shape index (κ1) is 14.3. The highest BCUT2D eigenvalue weighted by atomic mass is 32.2. The smallest absolute Gasteiger partial charge is 0.350 e. The fourth-order valence-corrected chi connectivity index (χ4v) is 2.87. The average molecular weight is 271 g/mol. The number of hydrogen-bond acceptors (Lipinski definition) is 4. The van der Waals surface area contributed by atoms with Crippen LogP contribution in [0.4, 0.5) is 8.78 Å². The number of nitrogens with zero attached hydrogens (tertiary/aromatic N) is 1. The number of alkyl halides is 2. The van der Waals surface area contributed by atoms with Crippen molar-refractivity contribution >= 4 is 15.9 Å². The molecule has 1 aliphatic heterocycles. The van der Waals surface area contributed by atoms with E-state index < -0.39 is 34.3 Å². The Bertz CT molecular complexity index is 368. The summed E-state index contributed by atoms with van der Waals surface area (Å²) in [5.41, 5.74) is 4.89. The molecule has 3 N–H and O–H groups in total. The van der Waals surface area contributed by atoms with Crippen LogP contribution in [0.15, 0.2) is 0 Å². The average Bonchev–Trinajstić information content (AvgIpc) is 2.26. The lowest BCUT2D eigenvalue weighted by Crippen LogP contribution is -2.52. The molecule has 0 bridgehead atoms. The number of primary amides is 1. The van der Waals surface area contributed by atoms with Gasteiger partial charge in [-0.25, -0.2) is 8.42 Å². The Morgan fingerprint density at radius 3 is 2.59 bits per heavy atom. The van der Waals surface area contributed by atoms with Crippen molar-refractivity contribution in [3.8, 4) is 0 Å². The molecule has 1 heterocycles. The van der Waals surface area contributed by atoms with Crippen molar-refractivity contribution in [2.45, 2.75) is 24.6 Å². The van der Waals surface area contributed by atoms with Crippen molar-refractivity contribution in [3.05, 3.63) is 0 Å². The lowest BCUT2D eigenvalue weighted by molar-refractivity contribution is -0.118. The van der Waals surface area contributed by atoms with Crippen LogP contribution in [-0.4, -0.2) is 50.1 Å². The molecule has 1 amide bonds. The Balaban J connectivity index is 2.90. The molecule has 0 aromatic rings. The van der Waals surface area contributed by atoms with E-state index in [1.54, 1.807) is 0 Å². The number of sulfonamides is 1. The van der Waals surface area contributed by atoms with E-state index in [1.165, 1.54) is 0 Å². The number of carbonyl (C=O) groups is 1. The summed E-state index contributed by atoms with van der Waals surface area (Å²) in [5, 5.41) is 2.90. The second-order valence-corrected chi connectivity index (χ2v) is 5.67. The number of piperidine rings is 1. The van der Waals surface area contributed by atoms with Gasteiger partial charge in [0.2, 0.25) is 5.91 Å². The summed E-state index contributed by atoms with van der Waals surface area (Å²) in [6, 6.07) is -0.643.